The Morgan fingerprint density at radius 2 is 0.527 bits per heavy atom. The van der Waals surface area contributed by atoms with Gasteiger partial charge in [0.05, 0.1) is 181 Å². The maximum absolute atomic E-state index is 11.0. The van der Waals surface area contributed by atoms with Crippen LogP contribution in [0.5, 0.6) is 0 Å². The van der Waals surface area contributed by atoms with Gasteiger partial charge in [0.1, 0.15) is 0 Å². The summed E-state index contributed by atoms with van der Waals surface area (Å²) in [5, 5.41) is 139. The summed E-state index contributed by atoms with van der Waals surface area (Å²) in [6, 6.07) is 0. The summed E-state index contributed by atoms with van der Waals surface area (Å²) in [6.07, 6.45) is -2.91. The van der Waals surface area contributed by atoms with E-state index in [1.54, 1.807) is 19.6 Å². The van der Waals surface area contributed by atoms with E-state index in [0.717, 1.165) is 0 Å². The molecule has 0 saturated heterocycles. The quantitative estimate of drug-likeness (QED) is 0.0252. The van der Waals surface area contributed by atoms with Crippen LogP contribution in [-0.4, -0.2) is 377 Å². The molecule has 0 aliphatic carbocycles. The van der Waals surface area contributed by atoms with Crippen LogP contribution in [0.2, 0.25) is 0 Å². The molecule has 74 heavy (non-hydrogen) atoms. The molecule has 0 aliphatic rings. The molecule has 0 spiro atoms. The SMILES string of the molecule is CCCOCC(COCCCN(CCO)CCO)(COCC(O)CN(CCO)CCO)COCC(COCC(O)CN(CCO)CCO)(COCC(O)CN(CCO)CCO)COCC(O)CN(CCO)CCO. The lowest BCUT2D eigenvalue weighted by molar-refractivity contribution is -0.154. The van der Waals surface area contributed by atoms with Crippen LogP contribution in [0, 0.1) is 10.8 Å². The van der Waals surface area contributed by atoms with Gasteiger partial charge in [-0.15, -0.1) is 0 Å². The molecule has 14 N–H and O–H groups in total. The molecule has 0 bridgehead atoms. The zero-order valence-electron chi connectivity index (χ0n) is 44.7. The van der Waals surface area contributed by atoms with Gasteiger partial charge in [0.15, 0.2) is 0 Å². The van der Waals surface area contributed by atoms with Crippen molar-refractivity contribution in [3.05, 3.63) is 0 Å². The fraction of sp³-hybridized carbons (Fsp3) is 1.00. The molecule has 0 aliphatic heterocycles. The van der Waals surface area contributed by atoms with Gasteiger partial charge in [-0.05, 0) is 12.8 Å². The Bertz CT molecular complexity index is 1100. The van der Waals surface area contributed by atoms with Crippen molar-refractivity contribution < 1.29 is 105 Å². The topological polar surface area (TPSA) is 364 Å². The summed E-state index contributed by atoms with van der Waals surface area (Å²) in [6.45, 7) is 3.06. The maximum atomic E-state index is 11.0. The molecule has 0 aromatic carbocycles. The second kappa shape index (κ2) is 49.0. The molecule has 26 nitrogen and oxygen atoms in total. The largest absolute Gasteiger partial charge is 0.395 e. The average molecular weight is 1090 g/mol. The van der Waals surface area contributed by atoms with Gasteiger partial charge in [0.25, 0.3) is 0 Å². The van der Waals surface area contributed by atoms with Gasteiger partial charge in [-0.3, -0.25) is 24.5 Å². The van der Waals surface area contributed by atoms with E-state index in [4.69, 9.17) is 33.2 Å². The van der Waals surface area contributed by atoms with Crippen molar-refractivity contribution in [3.63, 3.8) is 0 Å². The van der Waals surface area contributed by atoms with Gasteiger partial charge in [0, 0.05) is 111 Å². The summed E-state index contributed by atoms with van der Waals surface area (Å²) >= 11 is 0. The van der Waals surface area contributed by atoms with Gasteiger partial charge < -0.3 is 105 Å². The molecule has 5 unspecified atom stereocenters. The summed E-state index contributed by atoms with van der Waals surface area (Å²) in [7, 11) is 0. The first-order valence-electron chi connectivity index (χ1n) is 26.3. The third-order valence-electron chi connectivity index (χ3n) is 11.7. The minimum Gasteiger partial charge on any atom is -0.395 e. The van der Waals surface area contributed by atoms with Gasteiger partial charge in [-0.1, -0.05) is 6.92 Å². The van der Waals surface area contributed by atoms with Crippen LogP contribution in [0.15, 0.2) is 0 Å². The van der Waals surface area contributed by atoms with Crippen LogP contribution in [0.1, 0.15) is 19.8 Å². The van der Waals surface area contributed by atoms with E-state index in [0.29, 0.717) is 39.1 Å². The lowest BCUT2D eigenvalue weighted by atomic mass is 9.90. The summed E-state index contributed by atoms with van der Waals surface area (Å²) in [4.78, 5) is 8.65. The van der Waals surface area contributed by atoms with Crippen molar-refractivity contribution in [2.45, 2.75) is 44.2 Å². The highest BCUT2D eigenvalue weighted by Crippen LogP contribution is 2.26. The molecule has 0 aromatic rings. The van der Waals surface area contributed by atoms with Crippen molar-refractivity contribution in [1.29, 1.82) is 0 Å². The summed E-state index contributed by atoms with van der Waals surface area (Å²) < 4.78 is 43.9. The Balaban J connectivity index is 7.07. The minimum atomic E-state index is -1.22. The molecule has 0 aromatic heterocycles. The fourth-order valence-electron chi connectivity index (χ4n) is 8.07. The Morgan fingerprint density at radius 1 is 0.297 bits per heavy atom. The van der Waals surface area contributed by atoms with Gasteiger partial charge in [0.2, 0.25) is 0 Å². The van der Waals surface area contributed by atoms with E-state index in [-0.39, 0.29) is 230 Å². The number of nitrogens with zero attached hydrogens (tertiary/aromatic N) is 5. The molecule has 446 valence electrons. The lowest BCUT2D eigenvalue weighted by Crippen LogP contribution is -2.47. The van der Waals surface area contributed by atoms with Gasteiger partial charge >= 0.3 is 0 Å². The number of aliphatic hydroxyl groups excluding tert-OH is 14. The van der Waals surface area contributed by atoms with Crippen molar-refractivity contribution in [3.8, 4) is 0 Å². The van der Waals surface area contributed by atoms with Crippen molar-refractivity contribution in [2.75, 3.05) is 257 Å². The Labute approximate surface area is 440 Å². The molecule has 0 radical (unpaired) electrons. The summed E-state index contributed by atoms with van der Waals surface area (Å²) in [5.41, 5.74) is -2.23. The van der Waals surface area contributed by atoms with E-state index < -0.39 is 35.2 Å². The molecule has 0 fully saturated rings. The van der Waals surface area contributed by atoms with Crippen LogP contribution in [0.25, 0.3) is 0 Å². The Hall–Kier alpha value is -1.04. The van der Waals surface area contributed by atoms with Gasteiger partial charge in [-0.2, -0.15) is 0 Å². The van der Waals surface area contributed by atoms with Crippen LogP contribution >= 0.6 is 0 Å². The second-order valence-electron chi connectivity index (χ2n) is 18.9. The number of rotatable bonds is 58. The van der Waals surface area contributed by atoms with Crippen LogP contribution in [-0.2, 0) is 33.2 Å². The zero-order chi connectivity index (χ0) is 55.1. The Morgan fingerprint density at radius 3 is 0.784 bits per heavy atom. The second-order valence-corrected chi connectivity index (χ2v) is 18.9. The highest BCUT2D eigenvalue weighted by molar-refractivity contribution is 4.84. The first-order chi connectivity index (χ1) is 35.8. The van der Waals surface area contributed by atoms with E-state index >= 15 is 0 Å². The minimum absolute atomic E-state index is 0.0233. The van der Waals surface area contributed by atoms with Crippen LogP contribution < -0.4 is 0 Å². The van der Waals surface area contributed by atoms with E-state index in [1.807, 2.05) is 11.8 Å². The lowest BCUT2D eigenvalue weighted by Gasteiger charge is -2.37. The van der Waals surface area contributed by atoms with Crippen LogP contribution in [0.4, 0.5) is 0 Å². The third-order valence-corrected chi connectivity index (χ3v) is 11.7. The van der Waals surface area contributed by atoms with E-state index in [9.17, 15) is 71.5 Å². The molecule has 0 amide bonds. The van der Waals surface area contributed by atoms with Gasteiger partial charge in [-0.25, -0.2) is 0 Å². The maximum Gasteiger partial charge on any atom is 0.0900 e. The Kier molecular flexibility index (Phi) is 48.3. The van der Waals surface area contributed by atoms with E-state index in [1.165, 1.54) is 0 Å². The molecule has 0 heterocycles. The predicted octanol–water partition coefficient (Wildman–Crippen LogP) is -7.25. The molecular weight excluding hydrogens is 983 g/mol. The standard InChI is InChI=1S/C48H103N5O21/c1-2-25-68-35-47(36-69-26-3-4-49(5-15-54)6-16-55,37-70-31-43(64)27-50(7-17-56)8-18-57)41-74-42-48(38-71-32-44(65)28-51(9-19-58)10-20-59,39-72-33-45(66)29-52(11-21-60)12-22-61)40-73-34-46(67)30-53(13-23-62)14-24-63/h43-46,54-67H,2-42H2,1H3. The van der Waals surface area contributed by atoms with Crippen LogP contribution in [0.3, 0.4) is 0 Å². The molecule has 0 saturated carbocycles. The molecule has 26 heteroatoms. The molecule has 5 atom stereocenters. The monoisotopic (exact) mass is 1090 g/mol. The van der Waals surface area contributed by atoms with E-state index in [2.05, 4.69) is 0 Å². The highest BCUT2D eigenvalue weighted by Gasteiger charge is 2.38. The first-order valence-corrected chi connectivity index (χ1v) is 26.3. The van der Waals surface area contributed by atoms with Crippen molar-refractivity contribution in [2.24, 2.45) is 10.8 Å². The molecule has 0 rings (SSSR count). The average Bonchev–Trinajstić information content (AvgIpc) is 3.34. The number of hydrogen-bond donors (Lipinski definition) is 14. The normalized spacial score (nSPS) is 15.7. The fourth-order valence-corrected chi connectivity index (χ4v) is 8.07. The number of hydrogen-bond acceptors (Lipinski definition) is 26. The summed E-state index contributed by atoms with van der Waals surface area (Å²) in [5.74, 6) is 0. The highest BCUT2D eigenvalue weighted by atomic mass is 16.5. The number of aliphatic hydroxyl groups is 14. The zero-order valence-corrected chi connectivity index (χ0v) is 44.7. The van der Waals surface area contributed by atoms with Crippen molar-refractivity contribution in [1.82, 2.24) is 24.5 Å². The molecular formula is C48H103N5O21. The van der Waals surface area contributed by atoms with Crippen molar-refractivity contribution >= 4 is 0 Å². The third kappa shape index (κ3) is 37.7. The predicted molar refractivity (Wildman–Crippen MR) is 273 cm³/mol. The number of ether oxygens (including phenoxy) is 7. The first kappa shape index (κ1) is 73.0. The smallest absolute Gasteiger partial charge is 0.0900 e.